The van der Waals surface area contributed by atoms with Gasteiger partial charge >= 0.3 is 0 Å². The second kappa shape index (κ2) is 9.20. The minimum absolute atomic E-state index is 0.0476. The van der Waals surface area contributed by atoms with Gasteiger partial charge in [0.1, 0.15) is 22.8 Å². The smallest absolute Gasteiger partial charge is 0.261 e. The summed E-state index contributed by atoms with van der Waals surface area (Å²) in [4.78, 5) is 15.3. The van der Waals surface area contributed by atoms with E-state index in [0.29, 0.717) is 5.69 Å². The largest absolute Gasteiger partial charge is 0.360 e. The lowest BCUT2D eigenvalue weighted by molar-refractivity contribution is 0.102. The first-order valence-electron chi connectivity index (χ1n) is 9.47. The van der Waals surface area contributed by atoms with E-state index in [0.717, 1.165) is 25.2 Å². The third kappa shape index (κ3) is 4.66. The van der Waals surface area contributed by atoms with Crippen LogP contribution < -0.4 is 5.32 Å². The highest BCUT2D eigenvalue weighted by Gasteiger charge is 2.25. The quantitative estimate of drug-likeness (QED) is 0.550. The first kappa shape index (κ1) is 21.0. The Morgan fingerprint density at radius 1 is 1.21 bits per heavy atom. The van der Waals surface area contributed by atoms with Crippen LogP contribution in [0.4, 0.5) is 10.1 Å². The maximum atomic E-state index is 14.4. The van der Waals surface area contributed by atoms with E-state index in [1.54, 1.807) is 13.0 Å². The van der Waals surface area contributed by atoms with Crippen LogP contribution in [0.3, 0.4) is 0 Å². The molecule has 0 saturated carbocycles. The molecule has 1 amide bonds. The first-order valence-corrected chi connectivity index (χ1v) is 9.85. The van der Waals surface area contributed by atoms with Gasteiger partial charge in [0.25, 0.3) is 5.91 Å². The van der Waals surface area contributed by atoms with Crippen molar-refractivity contribution in [1.82, 2.24) is 10.1 Å². The summed E-state index contributed by atoms with van der Waals surface area (Å²) in [7, 11) is 0. The fourth-order valence-electron chi connectivity index (χ4n) is 3.18. The second-order valence-corrected chi connectivity index (χ2v) is 7.08. The molecule has 0 aliphatic rings. The van der Waals surface area contributed by atoms with E-state index in [4.69, 9.17) is 16.1 Å². The molecule has 3 aromatic rings. The van der Waals surface area contributed by atoms with Crippen LogP contribution >= 0.6 is 11.6 Å². The zero-order chi connectivity index (χ0) is 21.0. The highest BCUT2D eigenvalue weighted by molar-refractivity contribution is 6.33. The maximum Gasteiger partial charge on any atom is 0.261 e. The van der Waals surface area contributed by atoms with Gasteiger partial charge in [0, 0.05) is 12.2 Å². The number of halogens is 2. The Balaban J connectivity index is 1.89. The molecule has 1 aromatic heterocycles. The third-order valence-corrected chi connectivity index (χ3v) is 5.09. The molecule has 29 heavy (non-hydrogen) atoms. The fraction of sp³-hybridized carbons (Fsp3) is 0.273. The summed E-state index contributed by atoms with van der Waals surface area (Å²) in [6, 6.07) is 11.9. The first-order chi connectivity index (χ1) is 13.9. The molecule has 0 radical (unpaired) electrons. The number of aromatic nitrogens is 1. The monoisotopic (exact) mass is 415 g/mol. The number of nitrogens with zero attached hydrogens (tertiary/aromatic N) is 2. The molecule has 0 aliphatic heterocycles. The van der Waals surface area contributed by atoms with Gasteiger partial charge in [-0.05, 0) is 49.8 Å². The number of carbonyl (C=O) groups is 1. The van der Waals surface area contributed by atoms with E-state index < -0.39 is 11.7 Å². The van der Waals surface area contributed by atoms with E-state index in [1.165, 1.54) is 12.1 Å². The standard InChI is InChI=1S/C22H23ClFN3O2/c1-4-27(5-2)13-15-8-6-9-16(12-15)25-22(28)19-14(3)29-26-21(19)20-17(23)10-7-11-18(20)24/h6-12H,4-5,13H2,1-3H3,(H,25,28). The Kier molecular flexibility index (Phi) is 6.67. The predicted molar refractivity (Wildman–Crippen MR) is 113 cm³/mol. The lowest BCUT2D eigenvalue weighted by atomic mass is 10.0. The van der Waals surface area contributed by atoms with Crippen molar-refractivity contribution in [2.45, 2.75) is 27.3 Å². The van der Waals surface area contributed by atoms with Crippen molar-refractivity contribution in [3.8, 4) is 11.3 Å². The number of nitrogens with one attached hydrogen (secondary N) is 1. The molecule has 152 valence electrons. The number of rotatable bonds is 7. The maximum absolute atomic E-state index is 14.4. The minimum atomic E-state index is -0.568. The molecule has 0 spiro atoms. The van der Waals surface area contributed by atoms with E-state index in [1.807, 2.05) is 24.3 Å². The molecule has 5 nitrogen and oxygen atoms in total. The Morgan fingerprint density at radius 3 is 2.62 bits per heavy atom. The van der Waals surface area contributed by atoms with Crippen LogP contribution in [-0.4, -0.2) is 29.1 Å². The molecule has 0 atom stereocenters. The molecule has 0 saturated heterocycles. The molecule has 1 N–H and O–H groups in total. The molecule has 1 heterocycles. The van der Waals surface area contributed by atoms with Gasteiger partial charge in [0.15, 0.2) is 0 Å². The molecular formula is C22H23ClFN3O2. The van der Waals surface area contributed by atoms with Crippen LogP contribution in [0, 0.1) is 12.7 Å². The van der Waals surface area contributed by atoms with Gasteiger partial charge in [0.2, 0.25) is 0 Å². The Bertz CT molecular complexity index is 995. The summed E-state index contributed by atoms with van der Waals surface area (Å²) in [5, 5.41) is 6.90. The Hall–Kier alpha value is -2.70. The van der Waals surface area contributed by atoms with Crippen molar-refractivity contribution >= 4 is 23.2 Å². The fourth-order valence-corrected chi connectivity index (χ4v) is 3.43. The van der Waals surface area contributed by atoms with Gasteiger partial charge in [0.05, 0.1) is 10.6 Å². The Morgan fingerprint density at radius 2 is 1.93 bits per heavy atom. The molecule has 7 heteroatoms. The lowest BCUT2D eigenvalue weighted by Crippen LogP contribution is -2.22. The summed E-state index contributed by atoms with van der Waals surface area (Å²) < 4.78 is 19.5. The van der Waals surface area contributed by atoms with Crippen LogP contribution in [0.15, 0.2) is 47.0 Å². The SMILES string of the molecule is CCN(CC)Cc1cccc(NC(=O)c2c(-c3c(F)cccc3Cl)noc2C)c1. The van der Waals surface area contributed by atoms with E-state index in [-0.39, 0.29) is 27.6 Å². The normalized spacial score (nSPS) is 11.1. The summed E-state index contributed by atoms with van der Waals surface area (Å²) in [5.41, 5.74) is 2.02. The summed E-state index contributed by atoms with van der Waals surface area (Å²) in [5.74, 6) is -0.713. The van der Waals surface area contributed by atoms with E-state index in [9.17, 15) is 9.18 Å². The van der Waals surface area contributed by atoms with Crippen LogP contribution in [0.25, 0.3) is 11.3 Å². The molecule has 2 aromatic carbocycles. The van der Waals surface area contributed by atoms with Crippen molar-refractivity contribution in [2.75, 3.05) is 18.4 Å². The van der Waals surface area contributed by atoms with Gasteiger partial charge in [-0.2, -0.15) is 0 Å². The topological polar surface area (TPSA) is 58.4 Å². The lowest BCUT2D eigenvalue weighted by Gasteiger charge is -2.18. The number of amides is 1. The van der Waals surface area contributed by atoms with Crippen molar-refractivity contribution in [3.05, 3.63) is 70.2 Å². The number of hydrogen-bond donors (Lipinski definition) is 1. The van der Waals surface area contributed by atoms with Crippen LogP contribution in [0.2, 0.25) is 5.02 Å². The highest BCUT2D eigenvalue weighted by Crippen LogP contribution is 2.33. The number of carbonyl (C=O) groups excluding carboxylic acids is 1. The minimum Gasteiger partial charge on any atom is -0.360 e. The third-order valence-electron chi connectivity index (χ3n) is 4.77. The van der Waals surface area contributed by atoms with Crippen LogP contribution in [0.5, 0.6) is 0 Å². The van der Waals surface area contributed by atoms with Crippen molar-refractivity contribution < 1.29 is 13.7 Å². The summed E-state index contributed by atoms with van der Waals surface area (Å²) in [6.45, 7) is 8.51. The number of hydrogen-bond acceptors (Lipinski definition) is 4. The second-order valence-electron chi connectivity index (χ2n) is 6.67. The van der Waals surface area contributed by atoms with Crippen LogP contribution in [-0.2, 0) is 6.54 Å². The van der Waals surface area contributed by atoms with Gasteiger partial charge in [-0.3, -0.25) is 9.69 Å². The molecule has 0 unspecified atom stereocenters. The summed E-state index contributed by atoms with van der Waals surface area (Å²) in [6.07, 6.45) is 0. The molecular weight excluding hydrogens is 393 g/mol. The van der Waals surface area contributed by atoms with Gasteiger partial charge < -0.3 is 9.84 Å². The Labute approximate surface area is 174 Å². The molecule has 0 aliphatic carbocycles. The van der Waals surface area contributed by atoms with Gasteiger partial charge in [-0.25, -0.2) is 4.39 Å². The highest BCUT2D eigenvalue weighted by atomic mass is 35.5. The van der Waals surface area contributed by atoms with Crippen molar-refractivity contribution in [2.24, 2.45) is 0 Å². The van der Waals surface area contributed by atoms with Crippen molar-refractivity contribution in [3.63, 3.8) is 0 Å². The van der Waals surface area contributed by atoms with Gasteiger partial charge in [-0.1, -0.05) is 48.8 Å². The van der Waals surface area contributed by atoms with Crippen LogP contribution in [0.1, 0.15) is 35.5 Å². The number of aryl methyl sites for hydroxylation is 1. The average molecular weight is 416 g/mol. The molecule has 0 bridgehead atoms. The van der Waals surface area contributed by atoms with Crippen molar-refractivity contribution in [1.29, 1.82) is 0 Å². The van der Waals surface area contributed by atoms with Gasteiger partial charge in [-0.15, -0.1) is 0 Å². The molecule has 0 fully saturated rings. The average Bonchev–Trinajstić information content (AvgIpc) is 3.07. The zero-order valence-electron chi connectivity index (χ0n) is 16.6. The van der Waals surface area contributed by atoms with E-state index >= 15 is 0 Å². The zero-order valence-corrected chi connectivity index (χ0v) is 17.4. The molecule has 3 rings (SSSR count). The number of benzene rings is 2. The predicted octanol–water partition coefficient (Wildman–Crippen LogP) is 5.54. The number of anilines is 1. The van der Waals surface area contributed by atoms with E-state index in [2.05, 4.69) is 29.2 Å². The summed E-state index contributed by atoms with van der Waals surface area (Å²) >= 11 is 6.15.